The molecule has 0 bridgehead atoms. The topological polar surface area (TPSA) is 132 Å². The van der Waals surface area contributed by atoms with E-state index < -0.39 is 29.2 Å². The summed E-state index contributed by atoms with van der Waals surface area (Å²) in [5.74, 6) is -4.57. The van der Waals surface area contributed by atoms with Gasteiger partial charge in [-0.1, -0.05) is 12.1 Å². The summed E-state index contributed by atoms with van der Waals surface area (Å²) < 4.78 is 33.0. The summed E-state index contributed by atoms with van der Waals surface area (Å²) in [5, 5.41) is 2.38. The number of likely N-dealkylation sites (tertiary alicyclic amines) is 1. The summed E-state index contributed by atoms with van der Waals surface area (Å²) in [5.41, 5.74) is 11.2. The fourth-order valence-corrected chi connectivity index (χ4v) is 4.11. The van der Waals surface area contributed by atoms with Gasteiger partial charge in [0.2, 0.25) is 11.7 Å². The van der Waals surface area contributed by atoms with E-state index in [0.717, 1.165) is 31.0 Å². The van der Waals surface area contributed by atoms with Gasteiger partial charge in [0, 0.05) is 24.7 Å². The summed E-state index contributed by atoms with van der Waals surface area (Å²) in [6, 6.07) is 8.32. The molecule has 1 fully saturated rings. The van der Waals surface area contributed by atoms with E-state index in [-0.39, 0.29) is 34.0 Å². The highest BCUT2D eigenvalue weighted by atomic mass is 19.1. The third-order valence-corrected chi connectivity index (χ3v) is 5.67. The van der Waals surface area contributed by atoms with Crippen LogP contribution < -0.4 is 16.8 Å². The van der Waals surface area contributed by atoms with Crippen molar-refractivity contribution in [3.8, 4) is 0 Å². The number of benzene rings is 2. The van der Waals surface area contributed by atoms with Crippen LogP contribution in [0.15, 0.2) is 40.8 Å². The van der Waals surface area contributed by atoms with Crippen molar-refractivity contribution >= 4 is 34.4 Å². The van der Waals surface area contributed by atoms with Gasteiger partial charge in [0.25, 0.3) is 11.8 Å². The van der Waals surface area contributed by atoms with Gasteiger partial charge >= 0.3 is 0 Å². The minimum absolute atomic E-state index is 0.114. The minimum Gasteiger partial charge on any atom is -0.446 e. The molecule has 33 heavy (non-hydrogen) atoms. The molecular weight excluding hydrogens is 434 g/mol. The molecule has 5 N–H and O–H groups in total. The second-order valence-electron chi connectivity index (χ2n) is 8.07. The molecule has 0 spiro atoms. The Balaban J connectivity index is 1.57. The van der Waals surface area contributed by atoms with Crippen LogP contribution in [0.5, 0.6) is 0 Å². The van der Waals surface area contributed by atoms with Crippen molar-refractivity contribution in [2.75, 3.05) is 18.4 Å². The number of carbonyl (C=O) groups excluding carboxylic acids is 3. The van der Waals surface area contributed by atoms with Gasteiger partial charge in [-0.3, -0.25) is 19.3 Å². The Morgan fingerprint density at radius 2 is 1.94 bits per heavy atom. The standard InChI is InChI=1S/C23H22F2N4O4/c24-15-8-16-18(20(22(27)31)33-19(16)17(25)9-15)28-23(32)13-4-1-3-12(7-13)10-29-6-2-5-14(11-29)21(26)30/h1,3-4,7-9,14H,2,5-6,10-11H2,(H2,26,30)(H2,27,31)(H,28,32). The first-order chi connectivity index (χ1) is 15.7. The Kier molecular flexibility index (Phi) is 6.10. The predicted octanol–water partition coefficient (Wildman–Crippen LogP) is 2.76. The van der Waals surface area contributed by atoms with Gasteiger partial charge in [-0.2, -0.15) is 0 Å². The first-order valence-electron chi connectivity index (χ1n) is 10.4. The predicted molar refractivity (Wildman–Crippen MR) is 116 cm³/mol. The lowest BCUT2D eigenvalue weighted by Crippen LogP contribution is -2.40. The molecule has 172 valence electrons. The summed E-state index contributed by atoms with van der Waals surface area (Å²) >= 11 is 0. The lowest BCUT2D eigenvalue weighted by molar-refractivity contribution is -0.123. The van der Waals surface area contributed by atoms with Crippen molar-refractivity contribution in [2.24, 2.45) is 17.4 Å². The molecule has 3 amide bonds. The van der Waals surface area contributed by atoms with Crippen LogP contribution in [0, 0.1) is 17.6 Å². The number of piperidine rings is 1. The quantitative estimate of drug-likeness (QED) is 0.525. The van der Waals surface area contributed by atoms with Gasteiger partial charge in [-0.15, -0.1) is 0 Å². The van der Waals surface area contributed by atoms with E-state index in [9.17, 15) is 23.2 Å². The van der Waals surface area contributed by atoms with E-state index in [1.165, 1.54) is 0 Å². The zero-order valence-electron chi connectivity index (χ0n) is 17.6. The van der Waals surface area contributed by atoms with Gasteiger partial charge in [0.05, 0.1) is 11.3 Å². The van der Waals surface area contributed by atoms with Crippen LogP contribution >= 0.6 is 0 Å². The van der Waals surface area contributed by atoms with Crippen molar-refractivity contribution in [3.63, 3.8) is 0 Å². The minimum atomic E-state index is -1.04. The lowest BCUT2D eigenvalue weighted by atomic mass is 9.97. The van der Waals surface area contributed by atoms with Crippen molar-refractivity contribution in [1.82, 2.24) is 4.90 Å². The van der Waals surface area contributed by atoms with E-state index in [1.54, 1.807) is 18.2 Å². The molecule has 3 aromatic rings. The molecule has 0 saturated carbocycles. The first-order valence-corrected chi connectivity index (χ1v) is 10.4. The van der Waals surface area contributed by atoms with Crippen molar-refractivity contribution < 1.29 is 27.6 Å². The number of hydrogen-bond donors (Lipinski definition) is 3. The number of primary amides is 2. The van der Waals surface area contributed by atoms with Crippen LogP contribution in [0.3, 0.4) is 0 Å². The molecule has 1 aliphatic rings. The van der Waals surface area contributed by atoms with Crippen LogP contribution in [0.25, 0.3) is 11.0 Å². The van der Waals surface area contributed by atoms with Gasteiger partial charge in [0.15, 0.2) is 11.4 Å². The van der Waals surface area contributed by atoms with Crippen molar-refractivity contribution in [3.05, 3.63) is 64.9 Å². The van der Waals surface area contributed by atoms with E-state index in [1.807, 2.05) is 6.07 Å². The second kappa shape index (κ2) is 8.99. The average Bonchev–Trinajstić information content (AvgIpc) is 3.13. The fraction of sp³-hybridized carbons (Fsp3) is 0.261. The number of furan rings is 1. The number of nitrogens with two attached hydrogens (primary N) is 2. The maximum atomic E-state index is 14.1. The summed E-state index contributed by atoms with van der Waals surface area (Å²) in [7, 11) is 0. The van der Waals surface area contributed by atoms with E-state index in [0.29, 0.717) is 19.2 Å². The largest absolute Gasteiger partial charge is 0.446 e. The molecule has 0 radical (unpaired) electrons. The first kappa shape index (κ1) is 22.4. The van der Waals surface area contributed by atoms with Gasteiger partial charge in [-0.05, 0) is 43.1 Å². The Hall–Kier alpha value is -3.79. The average molecular weight is 456 g/mol. The Labute approximate surface area is 187 Å². The molecule has 8 nitrogen and oxygen atoms in total. The van der Waals surface area contributed by atoms with Crippen LogP contribution in [0.2, 0.25) is 0 Å². The Morgan fingerprint density at radius 3 is 2.67 bits per heavy atom. The maximum absolute atomic E-state index is 14.1. The summed E-state index contributed by atoms with van der Waals surface area (Å²) in [4.78, 5) is 38.3. The molecule has 0 aliphatic carbocycles. The number of rotatable bonds is 6. The maximum Gasteiger partial charge on any atom is 0.286 e. The summed E-state index contributed by atoms with van der Waals surface area (Å²) in [6.45, 7) is 1.87. The number of fused-ring (bicyclic) bond motifs is 1. The highest BCUT2D eigenvalue weighted by molar-refractivity contribution is 6.14. The molecule has 1 aromatic heterocycles. The normalized spacial score (nSPS) is 16.6. The monoisotopic (exact) mass is 456 g/mol. The number of amides is 3. The SMILES string of the molecule is NC(=O)c1oc2c(F)cc(F)cc2c1NC(=O)c1cccc(CN2CCCC(C(N)=O)C2)c1. The van der Waals surface area contributed by atoms with Crippen molar-refractivity contribution in [2.45, 2.75) is 19.4 Å². The Bertz CT molecular complexity index is 1260. The second-order valence-corrected chi connectivity index (χ2v) is 8.07. The number of hydrogen-bond acceptors (Lipinski definition) is 5. The van der Waals surface area contributed by atoms with Crippen LogP contribution in [-0.2, 0) is 11.3 Å². The number of carbonyl (C=O) groups is 3. The van der Waals surface area contributed by atoms with Crippen LogP contribution in [0.1, 0.15) is 39.3 Å². The fourth-order valence-electron chi connectivity index (χ4n) is 4.11. The van der Waals surface area contributed by atoms with E-state index in [2.05, 4.69) is 10.2 Å². The van der Waals surface area contributed by atoms with Crippen LogP contribution in [0.4, 0.5) is 14.5 Å². The molecule has 1 saturated heterocycles. The molecule has 1 unspecified atom stereocenters. The number of halogens is 2. The highest BCUT2D eigenvalue weighted by Crippen LogP contribution is 2.33. The van der Waals surface area contributed by atoms with Gasteiger partial charge < -0.3 is 21.2 Å². The van der Waals surface area contributed by atoms with Gasteiger partial charge in [0.1, 0.15) is 11.5 Å². The van der Waals surface area contributed by atoms with E-state index in [4.69, 9.17) is 15.9 Å². The number of nitrogens with zero attached hydrogens (tertiary/aromatic N) is 1. The molecule has 10 heteroatoms. The molecule has 4 rings (SSSR count). The molecular formula is C23H22F2N4O4. The highest BCUT2D eigenvalue weighted by Gasteiger charge is 2.25. The molecule has 2 aromatic carbocycles. The lowest BCUT2D eigenvalue weighted by Gasteiger charge is -2.31. The van der Waals surface area contributed by atoms with Crippen LogP contribution in [-0.4, -0.2) is 35.7 Å². The van der Waals surface area contributed by atoms with Gasteiger partial charge in [-0.25, -0.2) is 8.78 Å². The third kappa shape index (κ3) is 4.70. The molecule has 2 heterocycles. The number of anilines is 1. The smallest absolute Gasteiger partial charge is 0.286 e. The Morgan fingerprint density at radius 1 is 1.15 bits per heavy atom. The zero-order chi connectivity index (χ0) is 23.7. The van der Waals surface area contributed by atoms with Crippen molar-refractivity contribution in [1.29, 1.82) is 0 Å². The molecule has 1 atom stereocenters. The molecule has 1 aliphatic heterocycles. The third-order valence-electron chi connectivity index (χ3n) is 5.67. The van der Waals surface area contributed by atoms with E-state index >= 15 is 0 Å². The zero-order valence-corrected chi connectivity index (χ0v) is 17.6. The number of nitrogens with one attached hydrogen (secondary N) is 1. The summed E-state index contributed by atoms with van der Waals surface area (Å²) in [6.07, 6.45) is 1.61.